The molecule has 0 radical (unpaired) electrons. The molecule has 0 aliphatic rings. The molecule has 0 spiro atoms. The van der Waals surface area contributed by atoms with Crippen LogP contribution >= 0.6 is 0 Å². The third-order valence-corrected chi connectivity index (χ3v) is 3.90. The predicted octanol–water partition coefficient (Wildman–Crippen LogP) is -1.59. The molecule has 0 rings (SSSR count). The fraction of sp³-hybridized carbons (Fsp3) is 1.00. The minimum atomic E-state index is -0.816. The molecule has 0 unspecified atom stereocenters. The van der Waals surface area contributed by atoms with E-state index < -0.39 is 8.07 Å². The minimum absolute atomic E-state index is 0. The second-order valence-electron chi connectivity index (χ2n) is 2.70. The van der Waals surface area contributed by atoms with Crippen molar-refractivity contribution in [2.75, 3.05) is 5.38 Å². The van der Waals surface area contributed by atoms with Crippen LogP contribution in [0.1, 0.15) is 0 Å². The Morgan fingerprint density at radius 3 is 1.43 bits per heavy atom. The van der Waals surface area contributed by atoms with E-state index >= 15 is 0 Å². The Labute approximate surface area is 74.8 Å². The van der Waals surface area contributed by atoms with Crippen LogP contribution in [-0.2, 0) is 12.6 Å². The van der Waals surface area contributed by atoms with Crippen molar-refractivity contribution in [1.29, 1.82) is 0 Å². The molecule has 0 atom stereocenters. The first kappa shape index (κ1) is 11.4. The monoisotopic (exact) mass is 142 g/mol. The van der Waals surface area contributed by atoms with E-state index in [0.717, 1.165) is 5.38 Å². The van der Waals surface area contributed by atoms with Gasteiger partial charge in [-0.25, -0.2) is 0 Å². The third kappa shape index (κ3) is 11.2. The van der Waals surface area contributed by atoms with E-state index in [1.807, 2.05) is 0 Å². The molecule has 7 heavy (non-hydrogen) atoms. The van der Waals surface area contributed by atoms with Crippen molar-refractivity contribution >= 4 is 20.7 Å². The second-order valence-corrected chi connectivity index (χ2v) is 8.98. The maximum atomic E-state index is 4.85. The maximum absolute atomic E-state index is 4.85. The summed E-state index contributed by atoms with van der Waals surface area (Å²) in [7, 11) is -0.816. The molecule has 0 aliphatic carbocycles. The standard InChI is InChI=1S/C4H12SSi.Na/c1-6(2,3)4-5;/h5H,4H2,1-3H3;/q;+1/p-1. The molecular formula is C4H11NaSSi. The molecule has 38 valence electrons. The van der Waals surface area contributed by atoms with Crippen LogP contribution in [0.3, 0.4) is 0 Å². The summed E-state index contributed by atoms with van der Waals surface area (Å²) in [5.74, 6) is 0. The van der Waals surface area contributed by atoms with Gasteiger partial charge in [-0.15, -0.1) is 0 Å². The summed E-state index contributed by atoms with van der Waals surface area (Å²) in [5.41, 5.74) is 0. The fourth-order valence-electron chi connectivity index (χ4n) is 0. The van der Waals surface area contributed by atoms with E-state index in [0.29, 0.717) is 0 Å². The summed E-state index contributed by atoms with van der Waals surface area (Å²) in [6, 6.07) is 0. The molecule has 0 saturated heterocycles. The first-order valence-electron chi connectivity index (χ1n) is 2.14. The summed E-state index contributed by atoms with van der Waals surface area (Å²) in [6.07, 6.45) is 0. The van der Waals surface area contributed by atoms with Gasteiger partial charge >= 0.3 is 29.6 Å². The largest absolute Gasteiger partial charge is 1.00 e. The van der Waals surface area contributed by atoms with Gasteiger partial charge in [-0.2, -0.15) is 5.38 Å². The Kier molecular flexibility index (Phi) is 7.22. The molecule has 0 saturated carbocycles. The topological polar surface area (TPSA) is 0 Å². The maximum Gasteiger partial charge on any atom is 1.00 e. The van der Waals surface area contributed by atoms with Gasteiger partial charge in [0.1, 0.15) is 0 Å². The molecule has 0 aliphatic heterocycles. The molecule has 0 aromatic heterocycles. The normalized spacial score (nSPS) is 10.3. The number of hydrogen-bond donors (Lipinski definition) is 0. The molecule has 0 heterocycles. The van der Waals surface area contributed by atoms with E-state index in [1.165, 1.54) is 0 Å². The zero-order valence-corrected chi connectivity index (χ0v) is 9.43. The number of rotatable bonds is 1. The van der Waals surface area contributed by atoms with Gasteiger partial charge in [-0.05, 0) is 0 Å². The van der Waals surface area contributed by atoms with Gasteiger partial charge in [-0.3, -0.25) is 0 Å². The summed E-state index contributed by atoms with van der Waals surface area (Å²) in [4.78, 5) is 0. The Bertz CT molecular complexity index is 41.4. The van der Waals surface area contributed by atoms with Gasteiger partial charge in [0.2, 0.25) is 0 Å². The number of hydrogen-bond acceptors (Lipinski definition) is 1. The van der Waals surface area contributed by atoms with Crippen molar-refractivity contribution in [2.45, 2.75) is 19.6 Å². The van der Waals surface area contributed by atoms with Crippen LogP contribution in [0.5, 0.6) is 0 Å². The smallest absolute Gasteiger partial charge is 0.796 e. The van der Waals surface area contributed by atoms with Crippen molar-refractivity contribution in [1.82, 2.24) is 0 Å². The van der Waals surface area contributed by atoms with Crippen LogP contribution < -0.4 is 29.6 Å². The average molecular weight is 142 g/mol. The van der Waals surface area contributed by atoms with Crippen molar-refractivity contribution in [3.8, 4) is 0 Å². The predicted molar refractivity (Wildman–Crippen MR) is 35.6 cm³/mol. The van der Waals surface area contributed by atoms with Gasteiger partial charge in [0.15, 0.2) is 0 Å². The Morgan fingerprint density at radius 1 is 1.29 bits per heavy atom. The summed E-state index contributed by atoms with van der Waals surface area (Å²) in [5, 5.41) is 0.993. The molecule has 0 aromatic carbocycles. The molecule has 0 nitrogen and oxygen atoms in total. The molecule has 0 fully saturated rings. The van der Waals surface area contributed by atoms with Crippen molar-refractivity contribution in [2.24, 2.45) is 0 Å². The first-order valence-corrected chi connectivity index (χ1v) is 6.43. The second kappa shape index (κ2) is 4.45. The Hall–Kier alpha value is 1.57. The van der Waals surface area contributed by atoms with Crippen LogP contribution in [-0.4, -0.2) is 13.5 Å². The minimum Gasteiger partial charge on any atom is -0.796 e. The Balaban J connectivity index is 0. The first-order chi connectivity index (χ1) is 2.56. The SMILES string of the molecule is C[Si](C)(C)C[S-].[Na+]. The molecular weight excluding hydrogens is 131 g/mol. The summed E-state index contributed by atoms with van der Waals surface area (Å²) in [6.45, 7) is 6.83. The summed E-state index contributed by atoms with van der Waals surface area (Å²) < 4.78 is 0. The van der Waals surface area contributed by atoms with Crippen molar-refractivity contribution < 1.29 is 29.6 Å². The van der Waals surface area contributed by atoms with Crippen molar-refractivity contribution in [3.63, 3.8) is 0 Å². The van der Waals surface area contributed by atoms with Gasteiger partial charge < -0.3 is 12.6 Å². The van der Waals surface area contributed by atoms with E-state index in [1.54, 1.807) is 0 Å². The van der Waals surface area contributed by atoms with Crippen LogP contribution in [0.15, 0.2) is 0 Å². The van der Waals surface area contributed by atoms with Crippen LogP contribution in [0.25, 0.3) is 0 Å². The zero-order valence-electron chi connectivity index (χ0n) is 5.62. The molecule has 3 heteroatoms. The van der Waals surface area contributed by atoms with Gasteiger partial charge in [0, 0.05) is 8.07 Å². The Morgan fingerprint density at radius 2 is 1.43 bits per heavy atom. The quantitative estimate of drug-likeness (QED) is 0.314. The van der Waals surface area contributed by atoms with Crippen LogP contribution in [0.4, 0.5) is 0 Å². The van der Waals surface area contributed by atoms with E-state index in [4.69, 9.17) is 12.6 Å². The third-order valence-electron chi connectivity index (χ3n) is 0.433. The van der Waals surface area contributed by atoms with Crippen LogP contribution in [0, 0.1) is 0 Å². The average Bonchev–Trinajstić information content (AvgIpc) is 1.35. The summed E-state index contributed by atoms with van der Waals surface area (Å²) >= 11 is 4.85. The van der Waals surface area contributed by atoms with E-state index in [-0.39, 0.29) is 29.6 Å². The molecule has 0 aromatic rings. The molecule has 0 N–H and O–H groups in total. The van der Waals surface area contributed by atoms with Gasteiger partial charge in [0.05, 0.1) is 0 Å². The van der Waals surface area contributed by atoms with Gasteiger partial charge in [0.25, 0.3) is 0 Å². The van der Waals surface area contributed by atoms with E-state index in [9.17, 15) is 0 Å². The molecule has 0 bridgehead atoms. The molecule has 0 amide bonds. The van der Waals surface area contributed by atoms with E-state index in [2.05, 4.69) is 19.6 Å². The fourth-order valence-corrected chi connectivity index (χ4v) is 0. The van der Waals surface area contributed by atoms with Gasteiger partial charge in [-0.1, -0.05) is 19.6 Å². The van der Waals surface area contributed by atoms with Crippen molar-refractivity contribution in [3.05, 3.63) is 0 Å². The zero-order chi connectivity index (χ0) is 5.21. The van der Waals surface area contributed by atoms with Crippen LogP contribution in [0.2, 0.25) is 19.6 Å².